The van der Waals surface area contributed by atoms with Crippen molar-refractivity contribution in [3.05, 3.63) is 48.2 Å². The zero-order valence-corrected chi connectivity index (χ0v) is 13.0. The summed E-state index contributed by atoms with van der Waals surface area (Å²) in [5, 5.41) is 10.5. The fourth-order valence-electron chi connectivity index (χ4n) is 2.53. The topological polar surface area (TPSA) is 59.0 Å². The Balaban J connectivity index is 1.78. The number of ether oxygens (including phenoxy) is 2. The van der Waals surface area contributed by atoms with Gasteiger partial charge < -0.3 is 19.5 Å². The van der Waals surface area contributed by atoms with Gasteiger partial charge in [0.25, 0.3) is 0 Å². The van der Waals surface area contributed by atoms with E-state index in [0.717, 1.165) is 5.56 Å². The largest absolute Gasteiger partial charge is 0.502 e. The van der Waals surface area contributed by atoms with Crippen molar-refractivity contribution >= 4 is 6.09 Å². The molecule has 120 valence electrons. The first-order chi connectivity index (χ1) is 10.5. The second-order valence-electron chi connectivity index (χ2n) is 5.67. The number of piperidine rings is 1. The minimum absolute atomic E-state index is 0.265. The van der Waals surface area contributed by atoms with Crippen molar-refractivity contribution in [3.63, 3.8) is 0 Å². The van der Waals surface area contributed by atoms with Crippen LogP contribution >= 0.6 is 0 Å². The van der Waals surface area contributed by atoms with E-state index in [1.807, 2.05) is 30.3 Å². The smallest absolute Gasteiger partial charge is 0.410 e. The van der Waals surface area contributed by atoms with Crippen LogP contribution in [0.2, 0.25) is 0 Å². The van der Waals surface area contributed by atoms with E-state index in [4.69, 9.17) is 9.47 Å². The molecule has 0 saturated carbocycles. The Bertz CT molecular complexity index is 507. The third-order valence-electron chi connectivity index (χ3n) is 3.97. The molecule has 1 aliphatic heterocycles. The maximum absolute atomic E-state index is 12.0. The number of carbonyl (C=O) groups excluding carboxylic acids is 1. The van der Waals surface area contributed by atoms with Crippen molar-refractivity contribution in [1.29, 1.82) is 0 Å². The monoisotopic (exact) mass is 305 g/mol. The second kappa shape index (κ2) is 7.31. The molecule has 0 bridgehead atoms. The lowest BCUT2D eigenvalue weighted by atomic mass is 9.88. The van der Waals surface area contributed by atoms with Gasteiger partial charge >= 0.3 is 6.09 Å². The van der Waals surface area contributed by atoms with E-state index in [0.29, 0.717) is 38.1 Å². The van der Waals surface area contributed by atoms with Crippen LogP contribution in [-0.2, 0) is 16.1 Å². The van der Waals surface area contributed by atoms with E-state index < -0.39 is 5.60 Å². The van der Waals surface area contributed by atoms with Crippen molar-refractivity contribution < 1.29 is 19.4 Å². The summed E-state index contributed by atoms with van der Waals surface area (Å²) in [7, 11) is 1.54. The fraction of sp³-hybridized carbons (Fsp3) is 0.471. The maximum Gasteiger partial charge on any atom is 0.410 e. The highest BCUT2D eigenvalue weighted by atomic mass is 16.6. The molecule has 0 aromatic heterocycles. The van der Waals surface area contributed by atoms with Crippen LogP contribution in [0.4, 0.5) is 4.79 Å². The Morgan fingerprint density at radius 3 is 2.55 bits per heavy atom. The van der Waals surface area contributed by atoms with Crippen molar-refractivity contribution in [1.82, 2.24) is 4.90 Å². The number of nitrogens with zero attached hydrogens (tertiary/aromatic N) is 1. The lowest BCUT2D eigenvalue weighted by molar-refractivity contribution is -0.0280. The van der Waals surface area contributed by atoms with Gasteiger partial charge in [-0.3, -0.25) is 0 Å². The lowest BCUT2D eigenvalue weighted by Crippen LogP contribution is -2.47. The Hall–Kier alpha value is -2.01. The summed E-state index contributed by atoms with van der Waals surface area (Å²) in [4.78, 5) is 13.7. The van der Waals surface area contributed by atoms with E-state index in [9.17, 15) is 9.90 Å². The van der Waals surface area contributed by atoms with Gasteiger partial charge in [-0.2, -0.15) is 0 Å². The number of hydrogen-bond acceptors (Lipinski definition) is 4. The van der Waals surface area contributed by atoms with E-state index in [-0.39, 0.29) is 12.7 Å². The predicted octanol–water partition coefficient (Wildman–Crippen LogP) is 2.70. The van der Waals surface area contributed by atoms with Crippen LogP contribution in [-0.4, -0.2) is 41.9 Å². The van der Waals surface area contributed by atoms with Gasteiger partial charge in [0.15, 0.2) is 0 Å². The minimum Gasteiger partial charge on any atom is -0.502 e. The molecule has 0 spiro atoms. The molecule has 1 aliphatic rings. The molecule has 1 aromatic carbocycles. The maximum atomic E-state index is 12.0. The summed E-state index contributed by atoms with van der Waals surface area (Å²) < 4.78 is 10.3. The molecule has 0 aliphatic carbocycles. The first kappa shape index (κ1) is 16.4. The molecular weight excluding hydrogens is 282 g/mol. The van der Waals surface area contributed by atoms with Crippen LogP contribution in [0.15, 0.2) is 42.7 Å². The summed E-state index contributed by atoms with van der Waals surface area (Å²) >= 11 is 0. The summed E-state index contributed by atoms with van der Waals surface area (Å²) in [5.74, 6) is 0.558. The van der Waals surface area contributed by atoms with E-state index in [2.05, 4.69) is 6.58 Å². The number of likely N-dealkylation sites (tertiary alicyclic amines) is 1. The van der Waals surface area contributed by atoms with Crippen molar-refractivity contribution in [2.45, 2.75) is 31.5 Å². The van der Waals surface area contributed by atoms with Crippen LogP contribution in [0.25, 0.3) is 0 Å². The van der Waals surface area contributed by atoms with Crippen molar-refractivity contribution in [2.24, 2.45) is 0 Å². The van der Waals surface area contributed by atoms with Crippen molar-refractivity contribution in [3.8, 4) is 0 Å². The van der Waals surface area contributed by atoms with Gasteiger partial charge in [-0.25, -0.2) is 4.79 Å². The molecule has 1 aromatic rings. The molecule has 5 heteroatoms. The summed E-state index contributed by atoms with van der Waals surface area (Å²) in [6.45, 7) is 4.95. The number of rotatable bonds is 5. The normalized spacial score (nSPS) is 16.9. The van der Waals surface area contributed by atoms with Gasteiger partial charge in [0.2, 0.25) is 0 Å². The standard InChI is InChI=1S/C17H23NO4/c1-14(21-2)12-17(20)8-10-18(11-9-17)16(19)22-13-15-6-4-3-5-7-15/h3-7,20H,1,8-13H2,2H3. The molecule has 0 atom stereocenters. The van der Waals surface area contributed by atoms with E-state index in [1.165, 1.54) is 0 Å². The Morgan fingerprint density at radius 1 is 1.32 bits per heavy atom. The van der Waals surface area contributed by atoms with Gasteiger partial charge in [0, 0.05) is 19.5 Å². The van der Waals surface area contributed by atoms with Gasteiger partial charge in [-0.05, 0) is 18.4 Å². The molecule has 1 amide bonds. The van der Waals surface area contributed by atoms with Crippen LogP contribution in [0.3, 0.4) is 0 Å². The molecule has 5 nitrogen and oxygen atoms in total. The first-order valence-electron chi connectivity index (χ1n) is 7.42. The molecule has 0 radical (unpaired) electrons. The molecule has 1 saturated heterocycles. The minimum atomic E-state index is -0.844. The van der Waals surface area contributed by atoms with Gasteiger partial charge in [0.1, 0.15) is 6.61 Å². The van der Waals surface area contributed by atoms with Gasteiger partial charge in [0.05, 0.1) is 18.5 Å². The SMILES string of the molecule is C=C(CC1(O)CCN(C(=O)OCc2ccccc2)CC1)OC. The third-order valence-corrected chi connectivity index (χ3v) is 3.97. The van der Waals surface area contributed by atoms with E-state index >= 15 is 0 Å². The van der Waals surface area contributed by atoms with Gasteiger partial charge in [-0.15, -0.1) is 0 Å². The third kappa shape index (κ3) is 4.49. The number of amides is 1. The van der Waals surface area contributed by atoms with Crippen LogP contribution in [0.5, 0.6) is 0 Å². The molecule has 1 N–H and O–H groups in total. The highest BCUT2D eigenvalue weighted by Gasteiger charge is 2.35. The summed E-state index contributed by atoms with van der Waals surface area (Å²) in [6, 6.07) is 9.57. The van der Waals surface area contributed by atoms with Crippen LogP contribution < -0.4 is 0 Å². The Labute approximate surface area is 131 Å². The first-order valence-corrected chi connectivity index (χ1v) is 7.42. The van der Waals surface area contributed by atoms with Crippen LogP contribution in [0.1, 0.15) is 24.8 Å². The highest BCUT2D eigenvalue weighted by Crippen LogP contribution is 2.28. The van der Waals surface area contributed by atoms with Crippen molar-refractivity contribution in [2.75, 3.05) is 20.2 Å². The number of benzene rings is 1. The average Bonchev–Trinajstić information content (AvgIpc) is 2.54. The highest BCUT2D eigenvalue weighted by molar-refractivity contribution is 5.67. The summed E-state index contributed by atoms with van der Waals surface area (Å²) in [6.07, 6.45) is 1.05. The molecular formula is C17H23NO4. The average molecular weight is 305 g/mol. The Kier molecular flexibility index (Phi) is 5.44. The molecule has 2 rings (SSSR count). The molecule has 22 heavy (non-hydrogen) atoms. The Morgan fingerprint density at radius 2 is 1.95 bits per heavy atom. The number of aliphatic hydroxyl groups is 1. The molecule has 1 fully saturated rings. The quantitative estimate of drug-likeness (QED) is 0.850. The number of carbonyl (C=O) groups is 1. The number of hydrogen-bond donors (Lipinski definition) is 1. The van der Waals surface area contributed by atoms with E-state index in [1.54, 1.807) is 12.0 Å². The number of methoxy groups -OCH3 is 1. The molecule has 0 unspecified atom stereocenters. The van der Waals surface area contributed by atoms with Gasteiger partial charge in [-0.1, -0.05) is 36.9 Å². The second-order valence-corrected chi connectivity index (χ2v) is 5.67. The molecule has 1 heterocycles. The zero-order valence-electron chi connectivity index (χ0n) is 13.0. The predicted molar refractivity (Wildman–Crippen MR) is 83.1 cm³/mol. The fourth-order valence-corrected chi connectivity index (χ4v) is 2.53. The lowest BCUT2D eigenvalue weighted by Gasteiger charge is -2.37. The zero-order chi connectivity index (χ0) is 16.0. The summed E-state index contributed by atoms with van der Waals surface area (Å²) in [5.41, 5.74) is 0.115. The van der Waals surface area contributed by atoms with Crippen LogP contribution in [0, 0.1) is 0 Å².